The maximum Gasteiger partial charge on any atom is 0.322 e. The standard InChI is InChI=1S/C26H28N4O4/c1-3-15-33-21-7-9-22(10-8-21)34-25-20(5-4-12-27-25)17-29-24(31)19-6-11-23(18(2)16-19)30-14-13-28-26(30)32/h4-12,16H,3,13-15,17H2,1-2H3,(H,28,32)(H,29,31). The van der Waals surface area contributed by atoms with Crippen molar-refractivity contribution in [2.24, 2.45) is 0 Å². The molecule has 2 N–H and O–H groups in total. The Bertz CT molecular complexity index is 1160. The predicted octanol–water partition coefficient (Wildman–Crippen LogP) is 4.43. The van der Waals surface area contributed by atoms with Crippen LogP contribution in [0.5, 0.6) is 17.4 Å². The lowest BCUT2D eigenvalue weighted by Gasteiger charge is -2.17. The Hall–Kier alpha value is -4.07. The number of anilines is 1. The normalized spacial score (nSPS) is 12.9. The summed E-state index contributed by atoms with van der Waals surface area (Å²) in [4.78, 5) is 30.7. The molecule has 1 aliphatic heterocycles. The smallest absolute Gasteiger partial charge is 0.322 e. The second kappa shape index (κ2) is 10.7. The van der Waals surface area contributed by atoms with Crippen molar-refractivity contribution in [2.75, 3.05) is 24.6 Å². The molecule has 0 spiro atoms. The third kappa shape index (κ3) is 5.46. The minimum Gasteiger partial charge on any atom is -0.494 e. The van der Waals surface area contributed by atoms with Gasteiger partial charge in [-0.05, 0) is 67.4 Å². The Morgan fingerprint density at radius 3 is 2.65 bits per heavy atom. The molecule has 1 aromatic heterocycles. The Labute approximate surface area is 198 Å². The monoisotopic (exact) mass is 460 g/mol. The van der Waals surface area contributed by atoms with Gasteiger partial charge in [0.1, 0.15) is 11.5 Å². The fraction of sp³-hybridized carbons (Fsp3) is 0.269. The van der Waals surface area contributed by atoms with Gasteiger partial charge in [-0.2, -0.15) is 0 Å². The molecule has 8 nitrogen and oxygen atoms in total. The largest absolute Gasteiger partial charge is 0.494 e. The lowest BCUT2D eigenvalue weighted by Crippen LogP contribution is -2.28. The first-order chi connectivity index (χ1) is 16.5. The van der Waals surface area contributed by atoms with E-state index < -0.39 is 0 Å². The molecule has 0 radical (unpaired) electrons. The lowest BCUT2D eigenvalue weighted by atomic mass is 10.1. The van der Waals surface area contributed by atoms with Crippen molar-refractivity contribution in [1.82, 2.24) is 15.6 Å². The van der Waals surface area contributed by atoms with Crippen molar-refractivity contribution in [2.45, 2.75) is 26.8 Å². The molecule has 0 bridgehead atoms. The summed E-state index contributed by atoms with van der Waals surface area (Å²) < 4.78 is 11.5. The van der Waals surface area contributed by atoms with Gasteiger partial charge in [-0.1, -0.05) is 13.0 Å². The number of hydrogen-bond donors (Lipinski definition) is 2. The number of benzene rings is 2. The number of nitrogens with zero attached hydrogens (tertiary/aromatic N) is 2. The molecular formula is C26H28N4O4. The van der Waals surface area contributed by atoms with Gasteiger partial charge >= 0.3 is 6.03 Å². The summed E-state index contributed by atoms with van der Waals surface area (Å²) in [5.41, 5.74) is 2.95. The molecule has 0 unspecified atom stereocenters. The maximum absolute atomic E-state index is 12.8. The highest BCUT2D eigenvalue weighted by Gasteiger charge is 2.23. The summed E-state index contributed by atoms with van der Waals surface area (Å²) in [6.45, 7) is 6.11. The summed E-state index contributed by atoms with van der Waals surface area (Å²) in [5.74, 6) is 1.63. The summed E-state index contributed by atoms with van der Waals surface area (Å²) >= 11 is 0. The molecule has 3 aromatic rings. The molecule has 34 heavy (non-hydrogen) atoms. The van der Waals surface area contributed by atoms with Crippen LogP contribution in [0.25, 0.3) is 0 Å². The average molecular weight is 461 g/mol. The van der Waals surface area contributed by atoms with Crippen LogP contribution in [0.1, 0.15) is 34.8 Å². The first kappa shape index (κ1) is 23.1. The Kier molecular flexibility index (Phi) is 7.27. The highest BCUT2D eigenvalue weighted by atomic mass is 16.5. The van der Waals surface area contributed by atoms with Crippen LogP contribution < -0.4 is 25.0 Å². The molecule has 2 heterocycles. The highest BCUT2D eigenvalue weighted by Crippen LogP contribution is 2.26. The number of pyridine rings is 1. The van der Waals surface area contributed by atoms with Crippen molar-refractivity contribution < 1.29 is 19.1 Å². The molecule has 3 amide bonds. The number of aromatic nitrogens is 1. The van der Waals surface area contributed by atoms with E-state index in [9.17, 15) is 9.59 Å². The molecule has 8 heteroatoms. The number of carbonyl (C=O) groups is 2. The van der Waals surface area contributed by atoms with E-state index in [4.69, 9.17) is 9.47 Å². The third-order valence-corrected chi connectivity index (χ3v) is 5.41. The van der Waals surface area contributed by atoms with Crippen LogP contribution in [0, 0.1) is 6.92 Å². The van der Waals surface area contributed by atoms with Crippen molar-refractivity contribution in [3.05, 3.63) is 77.5 Å². The first-order valence-electron chi connectivity index (χ1n) is 11.3. The van der Waals surface area contributed by atoms with E-state index in [-0.39, 0.29) is 18.5 Å². The van der Waals surface area contributed by atoms with Crippen LogP contribution in [0.4, 0.5) is 10.5 Å². The second-order valence-electron chi connectivity index (χ2n) is 7.96. The molecular weight excluding hydrogens is 432 g/mol. The van der Waals surface area contributed by atoms with Gasteiger partial charge in [0.05, 0.1) is 6.61 Å². The number of amides is 3. The van der Waals surface area contributed by atoms with E-state index in [1.807, 2.05) is 43.3 Å². The zero-order chi connectivity index (χ0) is 23.9. The van der Waals surface area contributed by atoms with Gasteiger partial charge in [0.15, 0.2) is 0 Å². The second-order valence-corrected chi connectivity index (χ2v) is 7.96. The van der Waals surface area contributed by atoms with Gasteiger partial charge in [0, 0.05) is 42.6 Å². The maximum atomic E-state index is 12.8. The first-order valence-corrected chi connectivity index (χ1v) is 11.3. The number of carbonyl (C=O) groups excluding carboxylic acids is 2. The molecule has 176 valence electrons. The Balaban J connectivity index is 1.40. The van der Waals surface area contributed by atoms with Gasteiger partial charge in [-0.3, -0.25) is 9.69 Å². The SMILES string of the molecule is CCCOc1ccc(Oc2ncccc2CNC(=O)c2ccc(N3CCNC3=O)c(C)c2)cc1. The molecule has 0 atom stereocenters. The van der Waals surface area contributed by atoms with Gasteiger partial charge < -0.3 is 20.1 Å². The average Bonchev–Trinajstić information content (AvgIpc) is 3.28. The van der Waals surface area contributed by atoms with E-state index in [1.54, 1.807) is 29.3 Å². The zero-order valence-corrected chi connectivity index (χ0v) is 19.3. The molecule has 1 aliphatic rings. The molecule has 0 aliphatic carbocycles. The van der Waals surface area contributed by atoms with Crippen LogP contribution in [0.2, 0.25) is 0 Å². The fourth-order valence-corrected chi connectivity index (χ4v) is 3.66. The van der Waals surface area contributed by atoms with E-state index in [1.165, 1.54) is 0 Å². The van der Waals surface area contributed by atoms with Crippen molar-refractivity contribution in [3.63, 3.8) is 0 Å². The number of hydrogen-bond acceptors (Lipinski definition) is 5. The lowest BCUT2D eigenvalue weighted by molar-refractivity contribution is 0.0950. The van der Waals surface area contributed by atoms with Crippen LogP contribution in [0.15, 0.2) is 60.8 Å². The number of aryl methyl sites for hydroxylation is 1. The minimum atomic E-state index is -0.215. The van der Waals surface area contributed by atoms with E-state index in [2.05, 4.69) is 22.5 Å². The number of ether oxygens (including phenoxy) is 2. The summed E-state index contributed by atoms with van der Waals surface area (Å²) in [6.07, 6.45) is 2.59. The minimum absolute atomic E-state index is 0.118. The topological polar surface area (TPSA) is 92.8 Å². The van der Waals surface area contributed by atoms with Crippen LogP contribution in [0.3, 0.4) is 0 Å². The molecule has 1 fully saturated rings. The van der Waals surface area contributed by atoms with Crippen molar-refractivity contribution in [3.8, 4) is 17.4 Å². The third-order valence-electron chi connectivity index (χ3n) is 5.41. The molecule has 2 aromatic carbocycles. The Morgan fingerprint density at radius 1 is 1.15 bits per heavy atom. The number of nitrogens with one attached hydrogen (secondary N) is 2. The van der Waals surface area contributed by atoms with E-state index >= 15 is 0 Å². The molecule has 1 saturated heterocycles. The van der Waals surface area contributed by atoms with Gasteiger partial charge in [0.25, 0.3) is 5.91 Å². The summed E-state index contributed by atoms with van der Waals surface area (Å²) in [7, 11) is 0. The Morgan fingerprint density at radius 2 is 1.94 bits per heavy atom. The number of urea groups is 1. The van der Waals surface area contributed by atoms with Crippen LogP contribution in [-0.4, -0.2) is 36.6 Å². The predicted molar refractivity (Wildman–Crippen MR) is 130 cm³/mol. The summed E-state index contributed by atoms with van der Waals surface area (Å²) in [5, 5.41) is 5.72. The quantitative estimate of drug-likeness (QED) is 0.493. The van der Waals surface area contributed by atoms with Gasteiger partial charge in [0.2, 0.25) is 5.88 Å². The van der Waals surface area contributed by atoms with Crippen LogP contribution >= 0.6 is 0 Å². The van der Waals surface area contributed by atoms with Gasteiger partial charge in [-0.25, -0.2) is 9.78 Å². The van der Waals surface area contributed by atoms with E-state index in [0.29, 0.717) is 36.9 Å². The van der Waals surface area contributed by atoms with E-state index in [0.717, 1.165) is 29.0 Å². The molecule has 0 saturated carbocycles. The van der Waals surface area contributed by atoms with Crippen molar-refractivity contribution >= 4 is 17.6 Å². The zero-order valence-electron chi connectivity index (χ0n) is 19.3. The summed E-state index contributed by atoms with van der Waals surface area (Å²) in [6, 6.07) is 16.2. The molecule has 4 rings (SSSR count). The highest BCUT2D eigenvalue weighted by molar-refractivity contribution is 5.97. The van der Waals surface area contributed by atoms with Crippen LogP contribution in [-0.2, 0) is 6.54 Å². The fourth-order valence-electron chi connectivity index (χ4n) is 3.66. The number of rotatable bonds is 9. The van der Waals surface area contributed by atoms with Crippen molar-refractivity contribution in [1.29, 1.82) is 0 Å². The van der Waals surface area contributed by atoms with Gasteiger partial charge in [-0.15, -0.1) is 0 Å².